The highest BCUT2D eigenvalue weighted by atomic mass is 79.9. The van der Waals surface area contributed by atoms with Gasteiger partial charge in [0.05, 0.1) is 23.2 Å². The zero-order valence-corrected chi connectivity index (χ0v) is 16.4. The molecule has 0 saturated carbocycles. The maximum Gasteiger partial charge on any atom is 0.419 e. The molecule has 7 heteroatoms. The third kappa shape index (κ3) is 3.60. The summed E-state index contributed by atoms with van der Waals surface area (Å²) in [5, 5.41) is 0.664. The number of benzene rings is 2. The van der Waals surface area contributed by atoms with Crippen molar-refractivity contribution in [1.29, 1.82) is 0 Å². The molecular weight excluding hydrogens is 417 g/mol. The first-order chi connectivity index (χ1) is 13.0. The number of halogens is 2. The molecule has 27 heavy (non-hydrogen) atoms. The van der Waals surface area contributed by atoms with Crippen LogP contribution in [0.5, 0.6) is 0 Å². The average molecular weight is 434 g/mol. The van der Waals surface area contributed by atoms with Gasteiger partial charge in [-0.05, 0) is 59.1 Å². The van der Waals surface area contributed by atoms with E-state index < -0.39 is 12.1 Å². The fourth-order valence-electron chi connectivity index (χ4n) is 2.83. The largest absolute Gasteiger partial charge is 0.461 e. The number of esters is 1. The van der Waals surface area contributed by atoms with Gasteiger partial charge in [0.15, 0.2) is 5.69 Å². The molecule has 0 fully saturated rings. The molecule has 1 heterocycles. The Bertz CT molecular complexity index is 1010. The molecule has 0 aliphatic rings. The lowest BCUT2D eigenvalue weighted by Gasteiger charge is -2.09. The Morgan fingerprint density at radius 2 is 1.63 bits per heavy atom. The van der Waals surface area contributed by atoms with Crippen LogP contribution in [-0.2, 0) is 9.47 Å². The van der Waals surface area contributed by atoms with E-state index >= 15 is 0 Å². The average Bonchev–Trinajstić information content (AvgIpc) is 2.95. The third-order valence-corrected chi connectivity index (χ3v) is 4.81. The molecule has 3 rings (SSSR count). The van der Waals surface area contributed by atoms with E-state index in [1.807, 2.05) is 6.07 Å². The van der Waals surface area contributed by atoms with E-state index in [1.54, 1.807) is 38.1 Å². The summed E-state index contributed by atoms with van der Waals surface area (Å²) < 4.78 is 25.1. The van der Waals surface area contributed by atoms with Crippen molar-refractivity contribution in [3.8, 4) is 11.1 Å². The van der Waals surface area contributed by atoms with Crippen LogP contribution < -0.4 is 0 Å². The van der Waals surface area contributed by atoms with E-state index in [1.165, 1.54) is 16.7 Å². The van der Waals surface area contributed by atoms with Crippen molar-refractivity contribution in [2.45, 2.75) is 13.8 Å². The van der Waals surface area contributed by atoms with Crippen LogP contribution in [0.2, 0.25) is 0 Å². The molecule has 140 valence electrons. The Balaban J connectivity index is 2.24. The molecule has 0 bridgehead atoms. The molecule has 0 unspecified atom stereocenters. The van der Waals surface area contributed by atoms with Gasteiger partial charge in [0.25, 0.3) is 0 Å². The van der Waals surface area contributed by atoms with E-state index in [2.05, 4.69) is 15.9 Å². The van der Waals surface area contributed by atoms with Gasteiger partial charge in [-0.25, -0.2) is 18.5 Å². The summed E-state index contributed by atoms with van der Waals surface area (Å²) in [6.07, 6.45) is -0.674. The van der Waals surface area contributed by atoms with Gasteiger partial charge in [-0.1, -0.05) is 24.3 Å². The standard InChI is InChI=1S/C20H17BrFNO4/c1-3-26-19(24)18-17(21)15-10-7-13(12-5-8-14(22)9-6-12)11-16(15)23(18)20(25)27-4-2/h5-11H,3-4H2,1-2H3. The van der Waals surface area contributed by atoms with Crippen LogP contribution in [0.15, 0.2) is 46.9 Å². The van der Waals surface area contributed by atoms with Crippen LogP contribution in [0.3, 0.4) is 0 Å². The molecule has 0 aliphatic heterocycles. The second-order valence-corrected chi connectivity index (χ2v) is 6.45. The molecule has 0 spiro atoms. The lowest BCUT2D eigenvalue weighted by atomic mass is 10.0. The van der Waals surface area contributed by atoms with E-state index in [-0.39, 0.29) is 24.7 Å². The number of hydrogen-bond acceptors (Lipinski definition) is 4. The summed E-state index contributed by atoms with van der Waals surface area (Å²) in [7, 11) is 0. The van der Waals surface area contributed by atoms with Crippen molar-refractivity contribution in [3.05, 3.63) is 58.4 Å². The highest BCUT2D eigenvalue weighted by Crippen LogP contribution is 2.34. The molecule has 2 aromatic carbocycles. The molecule has 0 amide bonds. The molecule has 3 aromatic rings. The number of carbonyl (C=O) groups excluding carboxylic acids is 2. The summed E-state index contributed by atoms with van der Waals surface area (Å²) in [6.45, 7) is 3.72. The molecule has 1 aromatic heterocycles. The Kier molecular flexibility index (Phi) is 5.60. The Hall–Kier alpha value is -2.67. The summed E-state index contributed by atoms with van der Waals surface area (Å²) in [5.41, 5.74) is 2.11. The van der Waals surface area contributed by atoms with Gasteiger partial charge in [0.1, 0.15) is 5.82 Å². The van der Waals surface area contributed by atoms with E-state index in [9.17, 15) is 14.0 Å². The van der Waals surface area contributed by atoms with Crippen molar-refractivity contribution in [2.75, 3.05) is 13.2 Å². The molecule has 0 N–H and O–H groups in total. The lowest BCUT2D eigenvalue weighted by Crippen LogP contribution is -2.20. The van der Waals surface area contributed by atoms with E-state index in [0.717, 1.165) is 11.1 Å². The van der Waals surface area contributed by atoms with Gasteiger partial charge in [-0.2, -0.15) is 0 Å². The van der Waals surface area contributed by atoms with E-state index in [4.69, 9.17) is 9.47 Å². The Morgan fingerprint density at radius 1 is 1.00 bits per heavy atom. The molecule has 0 radical (unpaired) electrons. The van der Waals surface area contributed by atoms with Crippen LogP contribution >= 0.6 is 15.9 Å². The fourth-order valence-corrected chi connectivity index (χ4v) is 3.50. The van der Waals surface area contributed by atoms with Gasteiger partial charge < -0.3 is 9.47 Å². The summed E-state index contributed by atoms with van der Waals surface area (Å²) >= 11 is 3.40. The summed E-state index contributed by atoms with van der Waals surface area (Å²) in [4.78, 5) is 25.0. The number of nitrogens with zero attached hydrogens (tertiary/aromatic N) is 1. The minimum atomic E-state index is -0.674. The van der Waals surface area contributed by atoms with Crippen molar-refractivity contribution < 1.29 is 23.5 Å². The zero-order chi connectivity index (χ0) is 19.6. The molecule has 0 saturated heterocycles. The number of fused-ring (bicyclic) bond motifs is 1. The number of carbonyl (C=O) groups is 2. The second kappa shape index (κ2) is 7.92. The minimum Gasteiger partial charge on any atom is -0.461 e. The minimum absolute atomic E-state index is 0.0709. The smallest absolute Gasteiger partial charge is 0.419 e. The summed E-state index contributed by atoms with van der Waals surface area (Å²) in [6, 6.07) is 11.4. The van der Waals surface area contributed by atoms with Crippen LogP contribution in [0.4, 0.5) is 9.18 Å². The van der Waals surface area contributed by atoms with Crippen LogP contribution in [0.1, 0.15) is 24.3 Å². The maximum atomic E-state index is 13.2. The molecule has 5 nitrogen and oxygen atoms in total. The van der Waals surface area contributed by atoms with Crippen molar-refractivity contribution in [3.63, 3.8) is 0 Å². The zero-order valence-electron chi connectivity index (χ0n) is 14.8. The van der Waals surface area contributed by atoms with Gasteiger partial charge in [0, 0.05) is 5.39 Å². The predicted molar refractivity (Wildman–Crippen MR) is 103 cm³/mol. The lowest BCUT2D eigenvalue weighted by molar-refractivity contribution is 0.0511. The quantitative estimate of drug-likeness (QED) is 0.517. The van der Waals surface area contributed by atoms with Crippen LogP contribution in [0.25, 0.3) is 22.0 Å². The Morgan fingerprint density at radius 3 is 2.26 bits per heavy atom. The van der Waals surface area contributed by atoms with E-state index in [0.29, 0.717) is 15.4 Å². The molecule has 0 atom stereocenters. The van der Waals surface area contributed by atoms with Gasteiger partial charge in [0.2, 0.25) is 0 Å². The maximum absolute atomic E-state index is 13.2. The number of ether oxygens (including phenoxy) is 2. The summed E-state index contributed by atoms with van der Waals surface area (Å²) in [5.74, 6) is -0.959. The molecule has 0 aliphatic carbocycles. The normalized spacial score (nSPS) is 10.8. The molecular formula is C20H17BrFNO4. The fraction of sp³-hybridized carbons (Fsp3) is 0.200. The first kappa shape index (κ1) is 19.1. The monoisotopic (exact) mass is 433 g/mol. The van der Waals surface area contributed by atoms with Crippen molar-refractivity contribution in [2.24, 2.45) is 0 Å². The van der Waals surface area contributed by atoms with Crippen molar-refractivity contribution in [1.82, 2.24) is 4.57 Å². The van der Waals surface area contributed by atoms with Gasteiger partial charge in [-0.15, -0.1) is 0 Å². The Labute approximate surface area is 163 Å². The van der Waals surface area contributed by atoms with Crippen LogP contribution in [-0.4, -0.2) is 29.8 Å². The van der Waals surface area contributed by atoms with Gasteiger partial charge in [-0.3, -0.25) is 0 Å². The first-order valence-electron chi connectivity index (χ1n) is 8.42. The topological polar surface area (TPSA) is 57.5 Å². The number of hydrogen-bond donors (Lipinski definition) is 0. The van der Waals surface area contributed by atoms with Gasteiger partial charge >= 0.3 is 12.1 Å². The predicted octanol–water partition coefficient (Wildman–Crippen LogP) is 5.39. The first-order valence-corrected chi connectivity index (χ1v) is 9.21. The SMILES string of the molecule is CCOC(=O)c1c(Br)c2ccc(-c3ccc(F)cc3)cc2n1C(=O)OCC. The second-order valence-electron chi connectivity index (χ2n) is 5.66. The highest BCUT2D eigenvalue weighted by molar-refractivity contribution is 9.10. The number of rotatable bonds is 4. The van der Waals surface area contributed by atoms with Crippen LogP contribution in [0, 0.1) is 5.82 Å². The number of aromatic nitrogens is 1. The van der Waals surface area contributed by atoms with Crippen molar-refractivity contribution >= 4 is 38.9 Å². The third-order valence-electron chi connectivity index (χ3n) is 4.00. The highest BCUT2D eigenvalue weighted by Gasteiger charge is 2.27.